The third-order valence-corrected chi connectivity index (χ3v) is 1.58. The van der Waals surface area contributed by atoms with Crippen LogP contribution in [0, 0.1) is 0 Å². The molecule has 0 aromatic rings. The molecular weight excluding hydrogens is 131 g/mol. The molecule has 0 spiro atoms. The normalized spacial score (nSPS) is 13.7. The number of thiol groups is 2. The summed E-state index contributed by atoms with van der Waals surface area (Å²) in [5.41, 5.74) is 0. The van der Waals surface area contributed by atoms with E-state index in [0.29, 0.717) is 10.7 Å². The Hall–Kier alpha value is 0.370. The highest BCUT2D eigenvalue weighted by Crippen LogP contribution is 2.09. The molecule has 0 saturated heterocycles. The fourth-order valence-corrected chi connectivity index (χ4v) is 0.327. The zero-order valence-corrected chi connectivity index (χ0v) is 5.77. The number of halogens is 1. The average Bonchev–Trinajstić information content (AvgIpc) is 1.65. The maximum Gasteiger partial charge on any atom is 0.107 e. The second kappa shape index (κ2) is 3.38. The first kappa shape index (κ1) is 7.37. The quantitative estimate of drug-likeness (QED) is 0.509. The first-order valence-electron chi connectivity index (χ1n) is 1.83. The molecule has 0 aromatic heterocycles. The molecule has 0 atom stereocenters. The maximum absolute atomic E-state index is 11.8. The Morgan fingerprint density at radius 2 is 2.14 bits per heavy atom. The van der Waals surface area contributed by atoms with Crippen LogP contribution in [0.3, 0.4) is 0 Å². The van der Waals surface area contributed by atoms with Gasteiger partial charge in [-0.25, -0.2) is 4.39 Å². The van der Waals surface area contributed by atoms with E-state index in [2.05, 4.69) is 25.3 Å². The van der Waals surface area contributed by atoms with Gasteiger partial charge in [-0.3, -0.25) is 0 Å². The average molecular weight is 138 g/mol. The molecule has 42 valence electrons. The molecule has 0 fully saturated rings. The number of hydrogen-bond donors (Lipinski definition) is 2. The molecule has 0 bridgehead atoms. The third-order valence-electron chi connectivity index (χ3n) is 0.547. The first-order chi connectivity index (χ1) is 3.18. The maximum atomic E-state index is 11.8. The van der Waals surface area contributed by atoms with Crippen LogP contribution in [0.2, 0.25) is 0 Å². The molecule has 0 aliphatic carbocycles. The molecule has 7 heavy (non-hydrogen) atoms. The highest BCUT2D eigenvalue weighted by Gasteiger charge is 1.89. The molecule has 0 aliphatic heterocycles. The number of allylic oxidation sites excluding steroid dienone is 1. The van der Waals surface area contributed by atoms with Gasteiger partial charge in [-0.05, 0) is 6.92 Å². The molecule has 0 rings (SSSR count). The van der Waals surface area contributed by atoms with Crippen LogP contribution in [0.25, 0.3) is 0 Å². The zero-order chi connectivity index (χ0) is 5.86. The minimum absolute atomic E-state index is 0.252. The van der Waals surface area contributed by atoms with Crippen molar-refractivity contribution < 1.29 is 4.39 Å². The number of rotatable bonds is 1. The van der Waals surface area contributed by atoms with Gasteiger partial charge in [0.1, 0.15) is 5.83 Å². The van der Waals surface area contributed by atoms with Gasteiger partial charge in [0.2, 0.25) is 0 Å². The van der Waals surface area contributed by atoms with Crippen molar-refractivity contribution in [1.29, 1.82) is 0 Å². The van der Waals surface area contributed by atoms with E-state index < -0.39 is 0 Å². The van der Waals surface area contributed by atoms with E-state index in [9.17, 15) is 4.39 Å². The zero-order valence-electron chi connectivity index (χ0n) is 3.98. The lowest BCUT2D eigenvalue weighted by atomic mass is 10.5. The van der Waals surface area contributed by atoms with E-state index in [1.54, 1.807) is 0 Å². The summed E-state index contributed by atoms with van der Waals surface area (Å²) in [6.07, 6.45) is 0. The second-order valence-corrected chi connectivity index (χ2v) is 1.99. The molecule has 0 N–H and O–H groups in total. The van der Waals surface area contributed by atoms with Gasteiger partial charge in [0, 0.05) is 10.7 Å². The fraction of sp³-hybridized carbons (Fsp3) is 0.500. The lowest BCUT2D eigenvalue weighted by Crippen LogP contribution is -1.73. The van der Waals surface area contributed by atoms with Crippen molar-refractivity contribution in [2.75, 3.05) is 5.75 Å². The SMILES string of the molecule is C/C(F)=C(\S)CS. The van der Waals surface area contributed by atoms with E-state index in [0.717, 1.165) is 0 Å². The highest BCUT2D eigenvalue weighted by atomic mass is 32.1. The van der Waals surface area contributed by atoms with Crippen LogP contribution < -0.4 is 0 Å². The van der Waals surface area contributed by atoms with Gasteiger partial charge in [0.25, 0.3) is 0 Å². The summed E-state index contributed by atoms with van der Waals surface area (Å²) in [4.78, 5) is 0.406. The summed E-state index contributed by atoms with van der Waals surface area (Å²) in [7, 11) is 0. The minimum atomic E-state index is -0.252. The van der Waals surface area contributed by atoms with Crippen LogP contribution >= 0.6 is 25.3 Å². The van der Waals surface area contributed by atoms with E-state index in [-0.39, 0.29) is 5.83 Å². The molecule has 0 saturated carbocycles. The lowest BCUT2D eigenvalue weighted by Gasteiger charge is -1.88. The van der Waals surface area contributed by atoms with Crippen LogP contribution in [-0.4, -0.2) is 5.75 Å². The predicted octanol–water partition coefficient (Wildman–Crippen LogP) is 2.05. The van der Waals surface area contributed by atoms with Gasteiger partial charge < -0.3 is 0 Å². The Kier molecular flexibility index (Phi) is 3.56. The van der Waals surface area contributed by atoms with Gasteiger partial charge in [0.15, 0.2) is 0 Å². The minimum Gasteiger partial charge on any atom is -0.211 e. The molecular formula is C4H7FS2. The summed E-state index contributed by atoms with van der Waals surface area (Å²) >= 11 is 7.53. The molecule has 0 radical (unpaired) electrons. The van der Waals surface area contributed by atoms with Gasteiger partial charge in [-0.2, -0.15) is 12.6 Å². The van der Waals surface area contributed by atoms with Crippen molar-refractivity contribution in [2.24, 2.45) is 0 Å². The van der Waals surface area contributed by atoms with Crippen molar-refractivity contribution in [3.05, 3.63) is 10.7 Å². The van der Waals surface area contributed by atoms with Crippen LogP contribution in [0.4, 0.5) is 4.39 Å². The monoisotopic (exact) mass is 138 g/mol. The molecule has 0 heterocycles. The molecule has 0 nitrogen and oxygen atoms in total. The summed E-state index contributed by atoms with van der Waals surface area (Å²) in [6.45, 7) is 1.36. The van der Waals surface area contributed by atoms with Crippen LogP contribution in [0.1, 0.15) is 6.92 Å². The Balaban J connectivity index is 3.72. The van der Waals surface area contributed by atoms with Crippen molar-refractivity contribution in [3.63, 3.8) is 0 Å². The standard InChI is InChI=1S/C4H7FS2/c1-3(5)4(7)2-6/h6-7H,2H2,1H3/b4-3+. The Morgan fingerprint density at radius 3 is 2.14 bits per heavy atom. The molecule has 0 aromatic carbocycles. The summed E-state index contributed by atoms with van der Waals surface area (Å²) in [5.74, 6) is 0.129. The van der Waals surface area contributed by atoms with Crippen LogP contribution in [0.15, 0.2) is 10.7 Å². The van der Waals surface area contributed by atoms with Crippen molar-refractivity contribution in [2.45, 2.75) is 6.92 Å². The summed E-state index contributed by atoms with van der Waals surface area (Å²) < 4.78 is 11.8. The van der Waals surface area contributed by atoms with Crippen LogP contribution in [0.5, 0.6) is 0 Å². The van der Waals surface area contributed by atoms with Crippen molar-refractivity contribution in [3.8, 4) is 0 Å². The van der Waals surface area contributed by atoms with Gasteiger partial charge in [-0.1, -0.05) is 0 Å². The Labute approximate surface area is 53.6 Å². The lowest BCUT2D eigenvalue weighted by molar-refractivity contribution is 0.636. The smallest absolute Gasteiger partial charge is 0.107 e. The van der Waals surface area contributed by atoms with E-state index in [1.165, 1.54) is 6.92 Å². The molecule has 3 heteroatoms. The summed E-state index contributed by atoms with van der Waals surface area (Å²) in [5, 5.41) is 0. The van der Waals surface area contributed by atoms with Crippen molar-refractivity contribution in [1.82, 2.24) is 0 Å². The topological polar surface area (TPSA) is 0 Å². The van der Waals surface area contributed by atoms with Gasteiger partial charge in [0.05, 0.1) is 0 Å². The van der Waals surface area contributed by atoms with Gasteiger partial charge >= 0.3 is 0 Å². The molecule has 0 aliphatic rings. The summed E-state index contributed by atoms with van der Waals surface area (Å²) in [6, 6.07) is 0. The Bertz CT molecular complexity index is 83.7. The van der Waals surface area contributed by atoms with E-state index in [1.807, 2.05) is 0 Å². The number of hydrogen-bond acceptors (Lipinski definition) is 2. The largest absolute Gasteiger partial charge is 0.211 e. The van der Waals surface area contributed by atoms with Gasteiger partial charge in [-0.15, -0.1) is 12.6 Å². The van der Waals surface area contributed by atoms with E-state index in [4.69, 9.17) is 0 Å². The fourth-order valence-electron chi connectivity index (χ4n) is 0.109. The van der Waals surface area contributed by atoms with E-state index >= 15 is 0 Å². The highest BCUT2D eigenvalue weighted by molar-refractivity contribution is 7.87. The van der Waals surface area contributed by atoms with Crippen LogP contribution in [-0.2, 0) is 0 Å². The third kappa shape index (κ3) is 3.00. The molecule has 0 amide bonds. The Morgan fingerprint density at radius 1 is 1.71 bits per heavy atom. The second-order valence-electron chi connectivity index (χ2n) is 1.14. The first-order valence-corrected chi connectivity index (χ1v) is 2.91. The predicted molar refractivity (Wildman–Crippen MR) is 36.6 cm³/mol. The molecule has 0 unspecified atom stereocenters. The van der Waals surface area contributed by atoms with Crippen molar-refractivity contribution >= 4 is 25.3 Å².